The van der Waals surface area contributed by atoms with Crippen molar-refractivity contribution >= 4 is 0 Å². The van der Waals surface area contributed by atoms with Crippen molar-refractivity contribution in [3.05, 3.63) is 30.2 Å². The van der Waals surface area contributed by atoms with Crippen molar-refractivity contribution in [2.45, 2.75) is 13.3 Å². The van der Waals surface area contributed by atoms with Gasteiger partial charge in [-0.3, -0.25) is 4.90 Å². The molecule has 0 bridgehead atoms. The second kappa shape index (κ2) is 7.38. The van der Waals surface area contributed by atoms with E-state index in [0.29, 0.717) is 18.4 Å². The number of ether oxygens (including phenoxy) is 2. The Bertz CT molecular complexity index is 577. The molecule has 0 aliphatic carbocycles. The van der Waals surface area contributed by atoms with Gasteiger partial charge in [0.1, 0.15) is 12.4 Å². The third-order valence-corrected chi connectivity index (χ3v) is 3.65. The maximum absolute atomic E-state index is 5.78. The zero-order valence-corrected chi connectivity index (χ0v) is 12.8. The highest BCUT2D eigenvalue weighted by Gasteiger charge is 2.10. The van der Waals surface area contributed by atoms with E-state index in [9.17, 15) is 0 Å². The zero-order chi connectivity index (χ0) is 15.2. The van der Waals surface area contributed by atoms with Crippen LogP contribution in [0.4, 0.5) is 0 Å². The van der Waals surface area contributed by atoms with Crippen LogP contribution in [-0.4, -0.2) is 54.6 Å². The number of hydrogen-bond donors (Lipinski definition) is 0. The molecular formula is C16H21N3O3. The molecule has 0 N–H and O–H groups in total. The van der Waals surface area contributed by atoms with E-state index in [-0.39, 0.29) is 0 Å². The minimum absolute atomic E-state index is 0.553. The first-order chi connectivity index (χ1) is 10.8. The quantitative estimate of drug-likeness (QED) is 0.813. The summed E-state index contributed by atoms with van der Waals surface area (Å²) in [6.07, 6.45) is 0.746. The molecule has 6 nitrogen and oxygen atoms in total. The van der Waals surface area contributed by atoms with Crippen LogP contribution in [0.1, 0.15) is 12.8 Å². The van der Waals surface area contributed by atoms with Crippen molar-refractivity contribution in [1.29, 1.82) is 0 Å². The first-order valence-electron chi connectivity index (χ1n) is 7.71. The fourth-order valence-electron chi connectivity index (χ4n) is 2.32. The van der Waals surface area contributed by atoms with Crippen LogP contribution in [0.5, 0.6) is 5.75 Å². The van der Waals surface area contributed by atoms with Crippen LogP contribution >= 0.6 is 0 Å². The molecule has 0 amide bonds. The Morgan fingerprint density at radius 1 is 1.14 bits per heavy atom. The van der Waals surface area contributed by atoms with E-state index in [1.54, 1.807) is 0 Å². The topological polar surface area (TPSA) is 60.6 Å². The number of aromatic nitrogens is 2. The largest absolute Gasteiger partial charge is 0.492 e. The molecule has 1 aromatic heterocycles. The number of benzene rings is 1. The van der Waals surface area contributed by atoms with Gasteiger partial charge in [-0.15, -0.1) is 10.2 Å². The lowest BCUT2D eigenvalue weighted by atomic mass is 10.2. The average Bonchev–Trinajstić information content (AvgIpc) is 3.06. The molecule has 0 radical (unpaired) electrons. The highest BCUT2D eigenvalue weighted by Crippen LogP contribution is 2.21. The van der Waals surface area contributed by atoms with E-state index in [2.05, 4.69) is 15.1 Å². The van der Waals surface area contributed by atoms with Gasteiger partial charge in [0, 0.05) is 31.6 Å². The molecule has 2 heterocycles. The number of aryl methyl sites for hydroxylation is 1. The molecule has 1 aliphatic rings. The van der Waals surface area contributed by atoms with E-state index in [1.165, 1.54) is 0 Å². The second-order valence-electron chi connectivity index (χ2n) is 5.18. The summed E-state index contributed by atoms with van der Waals surface area (Å²) in [5.74, 6) is 2.06. The molecule has 6 heteroatoms. The predicted molar refractivity (Wildman–Crippen MR) is 81.9 cm³/mol. The minimum Gasteiger partial charge on any atom is -0.492 e. The molecule has 1 aliphatic heterocycles. The van der Waals surface area contributed by atoms with Crippen LogP contribution in [0.25, 0.3) is 11.5 Å². The van der Waals surface area contributed by atoms with E-state index in [1.807, 2.05) is 31.2 Å². The van der Waals surface area contributed by atoms with Crippen LogP contribution in [0, 0.1) is 0 Å². The summed E-state index contributed by atoms with van der Waals surface area (Å²) in [5, 5.41) is 8.01. The lowest BCUT2D eigenvalue weighted by molar-refractivity contribution is 0.0322. The molecule has 0 saturated carbocycles. The average molecular weight is 303 g/mol. The van der Waals surface area contributed by atoms with Gasteiger partial charge >= 0.3 is 0 Å². The third-order valence-electron chi connectivity index (χ3n) is 3.65. The SMILES string of the molecule is CCc1nnc(-c2ccc(OCCN3CCOCC3)cc2)o1. The first-order valence-corrected chi connectivity index (χ1v) is 7.71. The van der Waals surface area contributed by atoms with Gasteiger partial charge < -0.3 is 13.9 Å². The maximum atomic E-state index is 5.78. The predicted octanol–water partition coefficient (Wildman–Crippen LogP) is 2.01. The summed E-state index contributed by atoms with van der Waals surface area (Å²) in [7, 11) is 0. The summed E-state index contributed by atoms with van der Waals surface area (Å²) >= 11 is 0. The van der Waals surface area contributed by atoms with Gasteiger partial charge in [-0.1, -0.05) is 6.92 Å². The van der Waals surface area contributed by atoms with E-state index >= 15 is 0 Å². The normalized spacial score (nSPS) is 15.9. The second-order valence-corrected chi connectivity index (χ2v) is 5.18. The fourth-order valence-corrected chi connectivity index (χ4v) is 2.32. The maximum Gasteiger partial charge on any atom is 0.247 e. The van der Waals surface area contributed by atoms with Crippen molar-refractivity contribution in [3.8, 4) is 17.2 Å². The third kappa shape index (κ3) is 3.84. The lowest BCUT2D eigenvalue weighted by Gasteiger charge is -2.26. The summed E-state index contributed by atoms with van der Waals surface area (Å²) in [5.41, 5.74) is 0.910. The minimum atomic E-state index is 0.553. The van der Waals surface area contributed by atoms with Crippen molar-refractivity contribution < 1.29 is 13.9 Å². The van der Waals surface area contributed by atoms with Gasteiger partial charge in [-0.25, -0.2) is 0 Å². The van der Waals surface area contributed by atoms with Gasteiger partial charge in [-0.05, 0) is 24.3 Å². The van der Waals surface area contributed by atoms with Gasteiger partial charge in [-0.2, -0.15) is 0 Å². The smallest absolute Gasteiger partial charge is 0.247 e. The van der Waals surface area contributed by atoms with E-state index in [4.69, 9.17) is 13.9 Å². The van der Waals surface area contributed by atoms with Crippen LogP contribution < -0.4 is 4.74 Å². The highest BCUT2D eigenvalue weighted by molar-refractivity contribution is 5.53. The summed E-state index contributed by atoms with van der Waals surface area (Å²) in [6.45, 7) is 7.20. The van der Waals surface area contributed by atoms with Crippen molar-refractivity contribution in [2.75, 3.05) is 39.5 Å². The van der Waals surface area contributed by atoms with E-state index in [0.717, 1.165) is 50.6 Å². The van der Waals surface area contributed by atoms with Gasteiger partial charge in [0.25, 0.3) is 0 Å². The molecule has 22 heavy (non-hydrogen) atoms. The van der Waals surface area contributed by atoms with Crippen LogP contribution in [0.2, 0.25) is 0 Å². The summed E-state index contributed by atoms with van der Waals surface area (Å²) < 4.78 is 16.6. The summed E-state index contributed by atoms with van der Waals surface area (Å²) in [4.78, 5) is 2.35. The molecule has 1 saturated heterocycles. The van der Waals surface area contributed by atoms with Crippen LogP contribution in [-0.2, 0) is 11.2 Å². The Hall–Kier alpha value is -1.92. The van der Waals surface area contributed by atoms with Crippen molar-refractivity contribution in [1.82, 2.24) is 15.1 Å². The molecule has 0 spiro atoms. The molecule has 0 unspecified atom stereocenters. The standard InChI is InChI=1S/C16H21N3O3/c1-2-15-17-18-16(22-15)13-3-5-14(6-4-13)21-12-9-19-7-10-20-11-8-19/h3-6H,2,7-12H2,1H3. The van der Waals surface area contributed by atoms with Crippen molar-refractivity contribution in [3.63, 3.8) is 0 Å². The Kier molecular flexibility index (Phi) is 5.03. The summed E-state index contributed by atoms with van der Waals surface area (Å²) in [6, 6.07) is 7.75. The Labute approximate surface area is 130 Å². The molecule has 1 fully saturated rings. The Morgan fingerprint density at radius 2 is 1.91 bits per heavy atom. The Morgan fingerprint density at radius 3 is 2.59 bits per heavy atom. The lowest BCUT2D eigenvalue weighted by Crippen LogP contribution is -2.38. The zero-order valence-electron chi connectivity index (χ0n) is 12.8. The first kappa shape index (κ1) is 15.0. The number of morpholine rings is 1. The van der Waals surface area contributed by atoms with Crippen LogP contribution in [0.15, 0.2) is 28.7 Å². The van der Waals surface area contributed by atoms with Gasteiger partial charge in [0.15, 0.2) is 0 Å². The van der Waals surface area contributed by atoms with Gasteiger partial charge in [0.2, 0.25) is 11.8 Å². The molecule has 2 aromatic rings. The molecular weight excluding hydrogens is 282 g/mol. The van der Waals surface area contributed by atoms with Gasteiger partial charge in [0.05, 0.1) is 13.2 Å². The monoisotopic (exact) mass is 303 g/mol. The number of nitrogens with zero attached hydrogens (tertiary/aromatic N) is 3. The molecule has 3 rings (SSSR count). The van der Waals surface area contributed by atoms with Crippen molar-refractivity contribution in [2.24, 2.45) is 0 Å². The van der Waals surface area contributed by atoms with Crippen LogP contribution in [0.3, 0.4) is 0 Å². The molecule has 1 aromatic carbocycles. The van der Waals surface area contributed by atoms with E-state index < -0.39 is 0 Å². The highest BCUT2D eigenvalue weighted by atomic mass is 16.5. The molecule has 0 atom stereocenters. The fraction of sp³-hybridized carbons (Fsp3) is 0.500. The number of rotatable bonds is 6. The Balaban J connectivity index is 1.50. The number of hydrogen-bond acceptors (Lipinski definition) is 6. The molecule has 118 valence electrons.